The Balaban J connectivity index is -0.0000000150. The number of rotatable bonds is 0. The first kappa shape index (κ1) is 22.4. The van der Waals surface area contributed by atoms with E-state index in [1.807, 2.05) is 0 Å². The van der Waals surface area contributed by atoms with Gasteiger partial charge in [-0.2, -0.15) is 0 Å². The van der Waals surface area contributed by atoms with Gasteiger partial charge >= 0.3 is 52.8 Å². The van der Waals surface area contributed by atoms with Crippen LogP contribution in [0, 0.1) is 40.8 Å². The zero-order valence-corrected chi connectivity index (χ0v) is 8.01. The molecule has 7 heteroatoms. The molecule has 0 unspecified atom stereocenters. The summed E-state index contributed by atoms with van der Waals surface area (Å²) in [6.07, 6.45) is 0. The molecule has 3 nitrogen and oxygen atoms in total. The molecule has 0 heterocycles. The third-order valence-electron chi connectivity index (χ3n) is 0. The second-order valence-corrected chi connectivity index (χ2v) is 0.346. The van der Waals surface area contributed by atoms with Crippen LogP contribution in [0.15, 0.2) is 0 Å². The molecule has 0 amide bonds. The molecule has 0 aromatic rings. The van der Waals surface area contributed by atoms with Gasteiger partial charge in [0.15, 0.2) is 0 Å². The van der Waals surface area contributed by atoms with Gasteiger partial charge in [0.25, 0.3) is 0 Å². The van der Waals surface area contributed by atoms with Crippen LogP contribution in [0.3, 0.4) is 0 Å². The van der Waals surface area contributed by atoms with Crippen molar-refractivity contribution in [2.24, 2.45) is 0 Å². The molecule has 0 aromatic carbocycles. The molecule has 1 radical (unpaired) electrons. The van der Waals surface area contributed by atoms with E-state index in [1.54, 1.807) is 0 Å². The SMILES string of the molecule is OB(O)O.[Nd].[Sc].[SrH2]. The predicted molar refractivity (Wildman–Crippen MR) is 21.0 cm³/mol. The maximum atomic E-state index is 7.17. The van der Waals surface area contributed by atoms with E-state index in [1.165, 1.54) is 0 Å². The van der Waals surface area contributed by atoms with E-state index in [9.17, 15) is 0 Å². The molecular weight excluding hydrogens is 336 g/mol. The zero-order valence-electron chi connectivity index (χ0n) is 3.00. The van der Waals surface area contributed by atoms with E-state index >= 15 is 0 Å². The molecule has 0 saturated heterocycles. The molecule has 0 rings (SSSR count). The van der Waals surface area contributed by atoms with Crippen LogP contribution >= 0.6 is 0 Å². The van der Waals surface area contributed by atoms with Gasteiger partial charge in [0.05, 0.1) is 0 Å². The third kappa shape index (κ3) is 42.4. The summed E-state index contributed by atoms with van der Waals surface area (Å²) < 4.78 is 0. The fourth-order valence-electron chi connectivity index (χ4n) is 0. The van der Waals surface area contributed by atoms with Crippen LogP contribution in [-0.2, 0) is 25.8 Å². The number of hydrogen-bond donors (Lipinski definition) is 3. The minimum absolute atomic E-state index is 0. The fourth-order valence-corrected chi connectivity index (χ4v) is 0. The molecule has 0 aliphatic heterocycles. The predicted octanol–water partition coefficient (Wildman–Crippen LogP) is -2.97. The molecule has 7 heavy (non-hydrogen) atoms. The normalized spacial score (nSPS) is 3.86. The second kappa shape index (κ2) is 16.3. The van der Waals surface area contributed by atoms with Crippen LogP contribution in [0.5, 0.6) is 0 Å². The Labute approximate surface area is 131 Å². The van der Waals surface area contributed by atoms with Gasteiger partial charge in [-0.25, -0.2) is 0 Å². The monoisotopic (exact) mass is 339 g/mol. The summed E-state index contributed by atoms with van der Waals surface area (Å²) >= 11 is 0. The van der Waals surface area contributed by atoms with Crippen molar-refractivity contribution in [3.05, 3.63) is 0 Å². The Morgan fingerprint density at radius 2 is 1.00 bits per heavy atom. The van der Waals surface area contributed by atoms with Crippen LogP contribution in [0.1, 0.15) is 0 Å². The van der Waals surface area contributed by atoms with Crippen molar-refractivity contribution < 1.29 is 81.8 Å². The minimum atomic E-state index is -2.17. The average molecular weight is 341 g/mol. The van der Waals surface area contributed by atoms with Gasteiger partial charge in [-0.15, -0.1) is 0 Å². The second-order valence-electron chi connectivity index (χ2n) is 0.346. The van der Waals surface area contributed by atoms with E-state index in [2.05, 4.69) is 0 Å². The third-order valence-corrected chi connectivity index (χ3v) is 0. The summed E-state index contributed by atoms with van der Waals surface area (Å²) in [5, 5.41) is 21.5. The fraction of sp³-hybridized carbons (Fsp3) is 0. The van der Waals surface area contributed by atoms with Crippen molar-refractivity contribution in [1.29, 1.82) is 0 Å². The summed E-state index contributed by atoms with van der Waals surface area (Å²) in [5.41, 5.74) is 0. The summed E-state index contributed by atoms with van der Waals surface area (Å²) in [7, 11) is -2.17. The van der Waals surface area contributed by atoms with Crippen LogP contribution in [-0.4, -0.2) is 67.9 Å². The molecule has 0 atom stereocenters. The molecule has 35 valence electrons. The molecule has 0 aliphatic rings. The van der Waals surface area contributed by atoms with Gasteiger partial charge < -0.3 is 15.1 Å². The van der Waals surface area contributed by atoms with E-state index in [0.29, 0.717) is 0 Å². The van der Waals surface area contributed by atoms with Crippen LogP contribution in [0.4, 0.5) is 0 Å². The summed E-state index contributed by atoms with van der Waals surface area (Å²) in [5.74, 6) is 0. The summed E-state index contributed by atoms with van der Waals surface area (Å²) in [4.78, 5) is 0. The van der Waals surface area contributed by atoms with Crippen LogP contribution in [0.25, 0.3) is 0 Å². The number of hydrogen-bond acceptors (Lipinski definition) is 3. The Kier molecular flexibility index (Phi) is 52.3. The van der Waals surface area contributed by atoms with Gasteiger partial charge in [0.1, 0.15) is 0 Å². The van der Waals surface area contributed by atoms with Crippen molar-refractivity contribution in [3.63, 3.8) is 0 Å². The molecule has 0 aliphatic carbocycles. The molecule has 0 fully saturated rings. The van der Waals surface area contributed by atoms with Gasteiger partial charge in [-0.3, -0.25) is 0 Å². The Morgan fingerprint density at radius 1 is 1.00 bits per heavy atom. The molecule has 0 aromatic heterocycles. The first-order valence-electron chi connectivity index (χ1n) is 0.775. The summed E-state index contributed by atoms with van der Waals surface area (Å²) in [6, 6.07) is 0. The Bertz CT molecular complexity index is 19.7. The van der Waals surface area contributed by atoms with Gasteiger partial charge in [0.2, 0.25) is 0 Å². The molecule has 3 N–H and O–H groups in total. The van der Waals surface area contributed by atoms with Gasteiger partial charge in [-0.1, -0.05) is 0 Å². The van der Waals surface area contributed by atoms with Crippen LogP contribution in [0.2, 0.25) is 0 Å². The molecule has 0 spiro atoms. The Hall–Kier alpha value is 3.65. The topological polar surface area (TPSA) is 60.7 Å². The standard InChI is InChI=1S/BH3O3.Nd.Sc.Sr.2H/c2-1(3)4;;;;;/h2-4H;;;;;. The van der Waals surface area contributed by atoms with E-state index in [4.69, 9.17) is 15.1 Å². The van der Waals surface area contributed by atoms with Crippen molar-refractivity contribution >= 4 is 52.8 Å². The molecule has 0 bridgehead atoms. The van der Waals surface area contributed by atoms with Crippen molar-refractivity contribution in [2.75, 3.05) is 0 Å². The maximum absolute atomic E-state index is 7.17. The first-order chi connectivity index (χ1) is 1.73. The molecular formula is H5BNdO3ScSr. The van der Waals surface area contributed by atoms with Crippen molar-refractivity contribution in [1.82, 2.24) is 0 Å². The van der Waals surface area contributed by atoms with Gasteiger partial charge in [0, 0.05) is 66.7 Å². The van der Waals surface area contributed by atoms with Crippen LogP contribution < -0.4 is 0 Å². The summed E-state index contributed by atoms with van der Waals surface area (Å²) in [6.45, 7) is 0. The molecule has 0 saturated carbocycles. The zero-order chi connectivity index (χ0) is 3.58. The van der Waals surface area contributed by atoms with E-state index in [-0.39, 0.29) is 112 Å². The average Bonchev–Trinajstić information content (AvgIpc) is 0.811. The van der Waals surface area contributed by atoms with E-state index in [0.717, 1.165) is 0 Å². The quantitative estimate of drug-likeness (QED) is 0.413. The Morgan fingerprint density at radius 3 is 1.00 bits per heavy atom. The van der Waals surface area contributed by atoms with E-state index < -0.39 is 7.32 Å². The van der Waals surface area contributed by atoms with Crippen molar-refractivity contribution in [3.8, 4) is 0 Å². The first-order valence-corrected chi connectivity index (χ1v) is 0.775. The van der Waals surface area contributed by atoms with Gasteiger partial charge in [-0.05, 0) is 0 Å². The van der Waals surface area contributed by atoms with Crippen molar-refractivity contribution in [2.45, 2.75) is 0 Å².